The third-order valence-electron chi connectivity index (χ3n) is 5.36. The second-order valence-corrected chi connectivity index (χ2v) is 7.63. The first kappa shape index (κ1) is 18.5. The summed E-state index contributed by atoms with van der Waals surface area (Å²) in [7, 11) is 3.96. The van der Waals surface area contributed by atoms with E-state index in [2.05, 4.69) is 39.8 Å². The molecule has 8 nitrogen and oxygen atoms in total. The zero-order valence-corrected chi connectivity index (χ0v) is 16.6. The predicted molar refractivity (Wildman–Crippen MR) is 109 cm³/mol. The van der Waals surface area contributed by atoms with Crippen LogP contribution in [0.25, 0.3) is 11.3 Å². The summed E-state index contributed by atoms with van der Waals surface area (Å²) in [4.78, 5) is 14.9. The van der Waals surface area contributed by atoms with Crippen LogP contribution in [0.2, 0.25) is 0 Å². The molecule has 4 rings (SSSR count). The van der Waals surface area contributed by atoms with Gasteiger partial charge in [0.05, 0.1) is 12.2 Å². The highest BCUT2D eigenvalue weighted by Crippen LogP contribution is 2.32. The molecule has 2 N–H and O–H groups in total. The molecule has 2 amide bonds. The number of carbonyl (C=O) groups is 1. The molecule has 3 heterocycles. The molecule has 1 aliphatic carbocycles. The number of allylic oxidation sites excluding steroid dienone is 4. The molecule has 0 radical (unpaired) electrons. The molecule has 2 unspecified atom stereocenters. The number of aromatic nitrogens is 4. The van der Waals surface area contributed by atoms with Gasteiger partial charge < -0.3 is 10.2 Å². The summed E-state index contributed by atoms with van der Waals surface area (Å²) in [6.45, 7) is 3.88. The van der Waals surface area contributed by atoms with E-state index in [9.17, 15) is 4.79 Å². The van der Waals surface area contributed by atoms with Gasteiger partial charge in [0, 0.05) is 37.0 Å². The molecular formula is C20H27N7O. The molecule has 2 aromatic heterocycles. The third kappa shape index (κ3) is 3.73. The highest BCUT2D eigenvalue weighted by atomic mass is 16.2. The van der Waals surface area contributed by atoms with Crippen molar-refractivity contribution in [1.29, 1.82) is 0 Å². The zero-order valence-electron chi connectivity index (χ0n) is 16.6. The first-order valence-corrected chi connectivity index (χ1v) is 9.69. The van der Waals surface area contributed by atoms with Crippen LogP contribution in [0.5, 0.6) is 0 Å². The standard InChI is InChI=1S/C20H27N7O/c1-14-18(15-11-21-26(3)12-15)24-27(17-7-5-4-6-8-17)19(14)23-20(28)22-16-9-10-25(2)13-16/h4-7,11-12,16-17H,8-10,13H2,1-3H3,(H2,22,23,28). The molecule has 8 heteroatoms. The Morgan fingerprint density at radius 1 is 1.29 bits per heavy atom. The number of urea groups is 1. The number of hydrogen-bond donors (Lipinski definition) is 2. The van der Waals surface area contributed by atoms with Crippen LogP contribution in [0.15, 0.2) is 36.7 Å². The van der Waals surface area contributed by atoms with E-state index in [1.54, 1.807) is 10.9 Å². The van der Waals surface area contributed by atoms with Gasteiger partial charge in [-0.05, 0) is 33.4 Å². The van der Waals surface area contributed by atoms with Crippen LogP contribution in [0.1, 0.15) is 24.4 Å². The molecule has 0 saturated carbocycles. The molecule has 1 aliphatic heterocycles. The molecule has 2 aliphatic rings. The lowest BCUT2D eigenvalue weighted by molar-refractivity contribution is 0.248. The largest absolute Gasteiger partial charge is 0.334 e. The Morgan fingerprint density at radius 2 is 2.14 bits per heavy atom. The number of likely N-dealkylation sites (tertiary alicyclic amines) is 1. The van der Waals surface area contributed by atoms with Gasteiger partial charge in [-0.25, -0.2) is 9.48 Å². The summed E-state index contributed by atoms with van der Waals surface area (Å²) >= 11 is 0. The molecule has 28 heavy (non-hydrogen) atoms. The molecule has 0 bridgehead atoms. The highest BCUT2D eigenvalue weighted by Gasteiger charge is 2.25. The summed E-state index contributed by atoms with van der Waals surface area (Å²) in [5, 5.41) is 15.2. The summed E-state index contributed by atoms with van der Waals surface area (Å²) < 4.78 is 3.67. The van der Waals surface area contributed by atoms with E-state index in [0.717, 1.165) is 48.6 Å². The molecule has 2 aromatic rings. The maximum absolute atomic E-state index is 12.7. The van der Waals surface area contributed by atoms with Gasteiger partial charge in [0.15, 0.2) is 0 Å². The summed E-state index contributed by atoms with van der Waals surface area (Å²) in [5.74, 6) is 0.729. The number of rotatable bonds is 4. The highest BCUT2D eigenvalue weighted by molar-refractivity contribution is 5.90. The zero-order chi connectivity index (χ0) is 19.7. The second-order valence-electron chi connectivity index (χ2n) is 7.63. The Labute approximate surface area is 164 Å². The van der Waals surface area contributed by atoms with Crippen LogP contribution in [0.4, 0.5) is 10.6 Å². The van der Waals surface area contributed by atoms with Crippen LogP contribution in [-0.2, 0) is 7.05 Å². The fraction of sp³-hybridized carbons (Fsp3) is 0.450. The molecule has 148 valence electrons. The summed E-state index contributed by atoms with van der Waals surface area (Å²) in [6.07, 6.45) is 13.8. The summed E-state index contributed by atoms with van der Waals surface area (Å²) in [6, 6.07) is 0.0663. The SMILES string of the molecule is Cc1c(-c2cnn(C)c2)nn(C2C=CC=CC2)c1NC(=O)NC1CCN(C)C1. The minimum Gasteiger partial charge on any atom is -0.334 e. The quantitative estimate of drug-likeness (QED) is 0.853. The fourth-order valence-corrected chi connectivity index (χ4v) is 3.86. The van der Waals surface area contributed by atoms with E-state index in [4.69, 9.17) is 5.10 Å². The second kappa shape index (κ2) is 7.63. The Kier molecular flexibility index (Phi) is 5.04. The van der Waals surface area contributed by atoms with Crippen molar-refractivity contribution >= 4 is 11.8 Å². The smallest absolute Gasteiger partial charge is 0.320 e. The normalized spacial score (nSPS) is 22.0. The third-order valence-corrected chi connectivity index (χ3v) is 5.36. The lowest BCUT2D eigenvalue weighted by Crippen LogP contribution is -2.39. The lowest BCUT2D eigenvalue weighted by Gasteiger charge is -2.19. The van der Waals surface area contributed by atoms with Crippen LogP contribution in [0, 0.1) is 6.92 Å². The monoisotopic (exact) mass is 381 g/mol. The van der Waals surface area contributed by atoms with Gasteiger partial charge >= 0.3 is 6.03 Å². The minimum absolute atomic E-state index is 0.0713. The summed E-state index contributed by atoms with van der Waals surface area (Å²) in [5.41, 5.74) is 2.72. The maximum Gasteiger partial charge on any atom is 0.320 e. The van der Waals surface area contributed by atoms with Crippen molar-refractivity contribution in [2.45, 2.75) is 31.8 Å². The van der Waals surface area contributed by atoms with Gasteiger partial charge in [-0.2, -0.15) is 10.2 Å². The number of nitrogens with one attached hydrogen (secondary N) is 2. The van der Waals surface area contributed by atoms with Crippen molar-refractivity contribution < 1.29 is 4.79 Å². The maximum atomic E-state index is 12.7. The topological polar surface area (TPSA) is 80.0 Å². The van der Waals surface area contributed by atoms with E-state index >= 15 is 0 Å². The number of carbonyl (C=O) groups excluding carboxylic acids is 1. The first-order chi connectivity index (χ1) is 13.5. The Bertz CT molecular complexity index is 923. The van der Waals surface area contributed by atoms with Crippen LogP contribution in [-0.4, -0.2) is 56.7 Å². The van der Waals surface area contributed by atoms with Gasteiger partial charge in [-0.3, -0.25) is 10.00 Å². The Hall–Kier alpha value is -2.87. The Balaban J connectivity index is 1.62. The molecule has 0 aromatic carbocycles. The van der Waals surface area contributed by atoms with Crippen LogP contribution >= 0.6 is 0 Å². The first-order valence-electron chi connectivity index (χ1n) is 9.69. The number of aryl methyl sites for hydroxylation is 1. The van der Waals surface area contributed by atoms with Gasteiger partial charge in [-0.1, -0.05) is 24.3 Å². The molecule has 1 saturated heterocycles. The molecule has 2 atom stereocenters. The number of amides is 2. The van der Waals surface area contributed by atoms with E-state index in [1.807, 2.05) is 37.0 Å². The van der Waals surface area contributed by atoms with Crippen LogP contribution in [0.3, 0.4) is 0 Å². The number of hydrogen-bond acceptors (Lipinski definition) is 4. The van der Waals surface area contributed by atoms with Crippen LogP contribution < -0.4 is 10.6 Å². The predicted octanol–water partition coefficient (Wildman–Crippen LogP) is 2.47. The number of nitrogens with zero attached hydrogens (tertiary/aromatic N) is 5. The van der Waals surface area contributed by atoms with Crippen molar-refractivity contribution in [3.63, 3.8) is 0 Å². The van der Waals surface area contributed by atoms with Gasteiger partial charge in [0.25, 0.3) is 0 Å². The van der Waals surface area contributed by atoms with Gasteiger partial charge in [0.1, 0.15) is 11.5 Å². The number of anilines is 1. The molecular weight excluding hydrogens is 354 g/mol. The van der Waals surface area contributed by atoms with Gasteiger partial charge in [0.2, 0.25) is 0 Å². The van der Waals surface area contributed by atoms with Crippen molar-refractivity contribution in [2.75, 3.05) is 25.5 Å². The molecule has 1 fully saturated rings. The lowest BCUT2D eigenvalue weighted by atomic mass is 10.1. The number of likely N-dealkylation sites (N-methyl/N-ethyl adjacent to an activating group) is 1. The van der Waals surface area contributed by atoms with Crippen molar-refractivity contribution in [3.05, 3.63) is 42.3 Å². The molecule has 0 spiro atoms. The van der Waals surface area contributed by atoms with Crippen molar-refractivity contribution in [1.82, 2.24) is 29.8 Å². The van der Waals surface area contributed by atoms with E-state index in [0.29, 0.717) is 0 Å². The van der Waals surface area contributed by atoms with Crippen molar-refractivity contribution in [2.24, 2.45) is 7.05 Å². The van der Waals surface area contributed by atoms with Gasteiger partial charge in [-0.15, -0.1) is 0 Å². The minimum atomic E-state index is -0.183. The van der Waals surface area contributed by atoms with E-state index < -0.39 is 0 Å². The van der Waals surface area contributed by atoms with Crippen molar-refractivity contribution in [3.8, 4) is 11.3 Å². The Morgan fingerprint density at radius 3 is 2.79 bits per heavy atom. The average Bonchev–Trinajstić information content (AvgIpc) is 3.37. The van der Waals surface area contributed by atoms with E-state index in [-0.39, 0.29) is 18.1 Å². The van der Waals surface area contributed by atoms with E-state index in [1.165, 1.54) is 0 Å². The fourth-order valence-electron chi connectivity index (χ4n) is 3.86. The average molecular weight is 381 g/mol.